The Balaban J connectivity index is 1.92. The first-order valence-electron chi connectivity index (χ1n) is 8.34. The lowest BCUT2D eigenvalue weighted by Crippen LogP contribution is -2.43. The van der Waals surface area contributed by atoms with E-state index in [1.807, 2.05) is 18.2 Å². The fraction of sp³-hybridized carbons (Fsp3) is 0.556. The van der Waals surface area contributed by atoms with E-state index in [9.17, 15) is 9.59 Å². The summed E-state index contributed by atoms with van der Waals surface area (Å²) in [6.07, 6.45) is 6.91. The van der Waals surface area contributed by atoms with Gasteiger partial charge in [0, 0.05) is 24.5 Å². The van der Waals surface area contributed by atoms with Crippen molar-refractivity contribution in [1.29, 1.82) is 0 Å². The van der Waals surface area contributed by atoms with Gasteiger partial charge in [-0.05, 0) is 24.5 Å². The number of hydrogen-bond acceptors (Lipinski definition) is 2. The van der Waals surface area contributed by atoms with E-state index in [2.05, 4.69) is 5.32 Å². The van der Waals surface area contributed by atoms with Crippen molar-refractivity contribution in [3.05, 3.63) is 34.9 Å². The molecule has 0 atom stereocenters. The van der Waals surface area contributed by atoms with Crippen molar-refractivity contribution in [3.63, 3.8) is 0 Å². The van der Waals surface area contributed by atoms with Gasteiger partial charge in [-0.3, -0.25) is 9.59 Å². The van der Waals surface area contributed by atoms with E-state index in [-0.39, 0.29) is 24.4 Å². The van der Waals surface area contributed by atoms with Crippen LogP contribution in [-0.2, 0) is 16.1 Å². The first kappa shape index (κ1) is 17.8. The number of hydrogen-bond donors (Lipinski definition) is 1. The molecule has 1 aliphatic rings. The molecule has 1 aliphatic carbocycles. The third-order valence-electron chi connectivity index (χ3n) is 4.32. The van der Waals surface area contributed by atoms with Crippen molar-refractivity contribution >= 4 is 23.4 Å². The highest BCUT2D eigenvalue weighted by Crippen LogP contribution is 2.18. The van der Waals surface area contributed by atoms with E-state index in [0.717, 1.165) is 18.4 Å². The van der Waals surface area contributed by atoms with Crippen molar-refractivity contribution in [1.82, 2.24) is 10.2 Å². The number of benzene rings is 1. The summed E-state index contributed by atoms with van der Waals surface area (Å²) >= 11 is 6.14. The van der Waals surface area contributed by atoms with Crippen LogP contribution in [0.25, 0.3) is 0 Å². The Morgan fingerprint density at radius 3 is 2.43 bits per heavy atom. The average molecular weight is 337 g/mol. The molecule has 2 rings (SSSR count). The maximum absolute atomic E-state index is 12.3. The second-order valence-corrected chi connectivity index (χ2v) is 6.63. The van der Waals surface area contributed by atoms with Crippen LogP contribution in [0.4, 0.5) is 0 Å². The monoisotopic (exact) mass is 336 g/mol. The molecule has 4 nitrogen and oxygen atoms in total. The molecule has 2 amide bonds. The minimum absolute atomic E-state index is 0.0804. The van der Waals surface area contributed by atoms with Gasteiger partial charge in [-0.15, -0.1) is 0 Å². The van der Waals surface area contributed by atoms with Gasteiger partial charge in [-0.25, -0.2) is 0 Å². The highest BCUT2D eigenvalue weighted by Gasteiger charge is 2.19. The first-order valence-corrected chi connectivity index (χ1v) is 8.72. The first-order chi connectivity index (χ1) is 11.1. The lowest BCUT2D eigenvalue weighted by atomic mass is 10.1. The van der Waals surface area contributed by atoms with E-state index >= 15 is 0 Å². The number of rotatable bonds is 5. The van der Waals surface area contributed by atoms with E-state index in [4.69, 9.17) is 11.6 Å². The largest absolute Gasteiger partial charge is 0.352 e. The summed E-state index contributed by atoms with van der Waals surface area (Å²) < 4.78 is 0. The van der Waals surface area contributed by atoms with Gasteiger partial charge in [0.1, 0.15) is 0 Å². The Bertz CT molecular complexity index is 540. The van der Waals surface area contributed by atoms with Crippen molar-refractivity contribution in [2.75, 3.05) is 6.54 Å². The molecular formula is C18H25ClN2O2. The van der Waals surface area contributed by atoms with Crippen LogP contribution in [0, 0.1) is 0 Å². The highest BCUT2D eigenvalue weighted by molar-refractivity contribution is 6.31. The maximum Gasteiger partial charge on any atom is 0.239 e. The van der Waals surface area contributed by atoms with Gasteiger partial charge in [0.25, 0.3) is 0 Å². The second kappa shape index (κ2) is 8.92. The minimum Gasteiger partial charge on any atom is -0.352 e. The van der Waals surface area contributed by atoms with Crippen LogP contribution < -0.4 is 5.32 Å². The summed E-state index contributed by atoms with van der Waals surface area (Å²) in [4.78, 5) is 25.7. The number of carbonyl (C=O) groups is 2. The Labute approximate surface area is 143 Å². The van der Waals surface area contributed by atoms with E-state index in [1.165, 1.54) is 37.5 Å². The van der Waals surface area contributed by atoms with Gasteiger partial charge in [-0.2, -0.15) is 0 Å². The summed E-state index contributed by atoms with van der Waals surface area (Å²) in [7, 11) is 0. The molecule has 23 heavy (non-hydrogen) atoms. The average Bonchev–Trinajstić information content (AvgIpc) is 2.77. The molecule has 126 valence electrons. The fourth-order valence-corrected chi connectivity index (χ4v) is 3.18. The van der Waals surface area contributed by atoms with Gasteiger partial charge < -0.3 is 10.2 Å². The molecule has 1 aromatic rings. The third kappa shape index (κ3) is 5.87. The highest BCUT2D eigenvalue weighted by atomic mass is 35.5. The van der Waals surface area contributed by atoms with Crippen molar-refractivity contribution in [2.24, 2.45) is 0 Å². The summed E-state index contributed by atoms with van der Waals surface area (Å²) in [6, 6.07) is 7.65. The van der Waals surface area contributed by atoms with Gasteiger partial charge in [-0.1, -0.05) is 55.5 Å². The zero-order chi connectivity index (χ0) is 16.7. The zero-order valence-corrected chi connectivity index (χ0v) is 14.4. The molecule has 0 heterocycles. The van der Waals surface area contributed by atoms with E-state index in [1.54, 1.807) is 6.07 Å². The Hall–Kier alpha value is -1.55. The number of carbonyl (C=O) groups excluding carboxylic acids is 2. The van der Waals surface area contributed by atoms with Crippen LogP contribution in [0.15, 0.2) is 24.3 Å². The summed E-state index contributed by atoms with van der Waals surface area (Å²) in [5, 5.41) is 3.69. The molecule has 0 aliphatic heterocycles. The number of amides is 2. The van der Waals surface area contributed by atoms with Gasteiger partial charge in [0.2, 0.25) is 11.8 Å². The smallest absolute Gasteiger partial charge is 0.239 e. The van der Waals surface area contributed by atoms with Crippen LogP contribution in [0.2, 0.25) is 5.02 Å². The molecule has 5 heteroatoms. The normalized spacial score (nSPS) is 15.7. The number of halogens is 1. The summed E-state index contributed by atoms with van der Waals surface area (Å²) in [5.74, 6) is -0.208. The number of nitrogens with zero attached hydrogens (tertiary/aromatic N) is 1. The Morgan fingerprint density at radius 1 is 1.17 bits per heavy atom. The fourth-order valence-electron chi connectivity index (χ4n) is 2.98. The van der Waals surface area contributed by atoms with Crippen LogP contribution in [0.3, 0.4) is 0 Å². The molecule has 1 N–H and O–H groups in total. The van der Waals surface area contributed by atoms with E-state index < -0.39 is 0 Å². The third-order valence-corrected chi connectivity index (χ3v) is 4.69. The quantitative estimate of drug-likeness (QED) is 0.836. The molecule has 1 fully saturated rings. The Kier molecular flexibility index (Phi) is 6.90. The SMILES string of the molecule is CC(=O)N(CC(=O)NC1CCCCCC1)Cc1ccccc1Cl. The lowest BCUT2D eigenvalue weighted by molar-refractivity contribution is -0.135. The van der Waals surface area contributed by atoms with Crippen molar-refractivity contribution in [3.8, 4) is 0 Å². The van der Waals surface area contributed by atoms with Crippen molar-refractivity contribution in [2.45, 2.75) is 58.0 Å². The molecule has 0 radical (unpaired) electrons. The maximum atomic E-state index is 12.3. The van der Waals surface area contributed by atoms with Crippen LogP contribution >= 0.6 is 11.6 Å². The van der Waals surface area contributed by atoms with Crippen LogP contribution in [0.5, 0.6) is 0 Å². The molecule has 1 saturated carbocycles. The van der Waals surface area contributed by atoms with Crippen LogP contribution in [0.1, 0.15) is 51.0 Å². The van der Waals surface area contributed by atoms with Gasteiger partial charge in [0.15, 0.2) is 0 Å². The topological polar surface area (TPSA) is 49.4 Å². The molecule has 0 saturated heterocycles. The predicted molar refractivity (Wildman–Crippen MR) is 92.2 cm³/mol. The molecule has 0 bridgehead atoms. The molecule has 0 spiro atoms. The van der Waals surface area contributed by atoms with Gasteiger partial charge in [0.05, 0.1) is 6.54 Å². The van der Waals surface area contributed by atoms with Gasteiger partial charge >= 0.3 is 0 Å². The second-order valence-electron chi connectivity index (χ2n) is 6.22. The Morgan fingerprint density at radius 2 is 1.83 bits per heavy atom. The molecule has 0 unspecified atom stereocenters. The molecular weight excluding hydrogens is 312 g/mol. The molecule has 0 aromatic heterocycles. The standard InChI is InChI=1S/C18H25ClN2O2/c1-14(22)21(12-15-8-6-7-11-17(15)19)13-18(23)20-16-9-4-2-3-5-10-16/h6-8,11,16H,2-5,9-10,12-13H2,1H3,(H,20,23). The lowest BCUT2D eigenvalue weighted by Gasteiger charge is -2.23. The summed E-state index contributed by atoms with van der Waals surface area (Å²) in [5.41, 5.74) is 0.853. The predicted octanol–water partition coefficient (Wildman–Crippen LogP) is 3.53. The summed E-state index contributed by atoms with van der Waals surface area (Å²) in [6.45, 7) is 1.92. The van der Waals surface area contributed by atoms with E-state index in [0.29, 0.717) is 11.6 Å². The molecule has 1 aromatic carbocycles. The minimum atomic E-state index is -0.124. The van der Waals surface area contributed by atoms with Crippen LogP contribution in [-0.4, -0.2) is 29.3 Å². The zero-order valence-electron chi connectivity index (χ0n) is 13.7. The van der Waals surface area contributed by atoms with Crippen molar-refractivity contribution < 1.29 is 9.59 Å². The number of nitrogens with one attached hydrogen (secondary N) is 1.